The number of nitrogens with zero attached hydrogens (tertiary/aromatic N) is 1. The molecule has 3 nitrogen and oxygen atoms in total. The molecule has 2 aromatic heterocycles. The zero-order valence-corrected chi connectivity index (χ0v) is 13.7. The average Bonchev–Trinajstić information content (AvgIpc) is 3.02. The van der Waals surface area contributed by atoms with Crippen molar-refractivity contribution in [2.45, 2.75) is 19.4 Å². The highest BCUT2D eigenvalue weighted by atomic mass is 79.9. The second-order valence-electron chi connectivity index (χ2n) is 4.92. The summed E-state index contributed by atoms with van der Waals surface area (Å²) in [7, 11) is 0. The summed E-state index contributed by atoms with van der Waals surface area (Å²) in [6, 6.07) is 10.3. The third-order valence-electron chi connectivity index (χ3n) is 3.43. The quantitative estimate of drug-likeness (QED) is 0.723. The van der Waals surface area contributed by atoms with Gasteiger partial charge in [-0.3, -0.25) is 4.79 Å². The number of aliphatic carboxylic acids is 1. The molecule has 0 amide bonds. The summed E-state index contributed by atoms with van der Waals surface area (Å²) in [5.74, 6) is -0.756. The Balaban J connectivity index is 1.96. The Kier molecular flexibility index (Phi) is 4.12. The van der Waals surface area contributed by atoms with Gasteiger partial charge in [-0.15, -0.1) is 11.3 Å². The van der Waals surface area contributed by atoms with Crippen LogP contribution in [0, 0.1) is 0 Å². The molecule has 0 aliphatic rings. The predicted octanol–water partition coefficient (Wildman–Crippen LogP) is 4.53. The molecule has 0 saturated heterocycles. The van der Waals surface area contributed by atoms with E-state index < -0.39 is 5.97 Å². The van der Waals surface area contributed by atoms with Gasteiger partial charge in [0.25, 0.3) is 0 Å². The molecule has 108 valence electrons. The standard InChI is InChI=1S/C16H14BrNO2S/c17-12-7-13(21-10-12)9-18-8-11(5-6-16(19)20)14-3-1-2-4-15(14)18/h1-4,7-8,10H,5-6,9H2,(H,19,20). The number of aryl methyl sites for hydroxylation is 1. The number of fused-ring (bicyclic) bond motifs is 1. The number of aromatic nitrogens is 1. The maximum atomic E-state index is 10.8. The van der Waals surface area contributed by atoms with Gasteiger partial charge < -0.3 is 9.67 Å². The molecule has 1 N–H and O–H groups in total. The van der Waals surface area contributed by atoms with Crippen LogP contribution >= 0.6 is 27.3 Å². The fourth-order valence-corrected chi connectivity index (χ4v) is 3.95. The van der Waals surface area contributed by atoms with E-state index in [1.54, 1.807) is 11.3 Å². The lowest BCUT2D eigenvalue weighted by molar-refractivity contribution is -0.136. The van der Waals surface area contributed by atoms with Crippen LogP contribution in [0.25, 0.3) is 10.9 Å². The number of hydrogen-bond donors (Lipinski definition) is 1. The van der Waals surface area contributed by atoms with Crippen LogP contribution in [0.1, 0.15) is 16.9 Å². The molecule has 0 atom stereocenters. The Morgan fingerprint density at radius 1 is 1.33 bits per heavy atom. The summed E-state index contributed by atoms with van der Waals surface area (Å²) >= 11 is 5.20. The first-order valence-corrected chi connectivity index (χ1v) is 8.32. The number of thiophene rings is 1. The minimum Gasteiger partial charge on any atom is -0.481 e. The van der Waals surface area contributed by atoms with Crippen molar-refractivity contribution in [1.29, 1.82) is 0 Å². The van der Waals surface area contributed by atoms with E-state index in [0.717, 1.165) is 27.5 Å². The fraction of sp³-hybridized carbons (Fsp3) is 0.188. The highest BCUT2D eigenvalue weighted by Gasteiger charge is 2.10. The van der Waals surface area contributed by atoms with Gasteiger partial charge in [-0.25, -0.2) is 0 Å². The number of halogens is 1. The molecule has 3 rings (SSSR count). The molecular formula is C16H14BrNO2S. The normalized spacial score (nSPS) is 11.1. The fourth-order valence-electron chi connectivity index (χ4n) is 2.50. The largest absolute Gasteiger partial charge is 0.481 e. The Morgan fingerprint density at radius 2 is 2.14 bits per heavy atom. The van der Waals surface area contributed by atoms with Crippen molar-refractivity contribution in [3.8, 4) is 0 Å². The van der Waals surface area contributed by atoms with Crippen molar-refractivity contribution in [1.82, 2.24) is 4.57 Å². The number of carbonyl (C=O) groups is 1. The number of hydrogen-bond acceptors (Lipinski definition) is 2. The van der Waals surface area contributed by atoms with Crippen LogP contribution in [0.5, 0.6) is 0 Å². The minimum atomic E-state index is -0.756. The molecule has 2 heterocycles. The summed E-state index contributed by atoms with van der Waals surface area (Å²) in [6.07, 6.45) is 2.82. The number of para-hydroxylation sites is 1. The molecular weight excluding hydrogens is 350 g/mol. The third-order valence-corrected chi connectivity index (χ3v) is 5.11. The molecule has 0 saturated carbocycles. The van der Waals surface area contributed by atoms with Gasteiger partial charge in [0.05, 0.1) is 6.54 Å². The first-order valence-electron chi connectivity index (χ1n) is 6.65. The molecule has 0 bridgehead atoms. The van der Waals surface area contributed by atoms with Crippen LogP contribution in [0.3, 0.4) is 0 Å². The summed E-state index contributed by atoms with van der Waals surface area (Å²) in [5.41, 5.74) is 2.26. The summed E-state index contributed by atoms with van der Waals surface area (Å²) in [4.78, 5) is 12.1. The van der Waals surface area contributed by atoms with E-state index in [-0.39, 0.29) is 6.42 Å². The van der Waals surface area contributed by atoms with Gasteiger partial charge in [0.2, 0.25) is 0 Å². The van der Waals surface area contributed by atoms with Crippen LogP contribution < -0.4 is 0 Å². The van der Waals surface area contributed by atoms with E-state index >= 15 is 0 Å². The molecule has 0 aliphatic carbocycles. The molecule has 3 aromatic rings. The molecule has 0 fully saturated rings. The maximum absolute atomic E-state index is 10.8. The Morgan fingerprint density at radius 3 is 2.86 bits per heavy atom. The van der Waals surface area contributed by atoms with E-state index in [9.17, 15) is 4.79 Å². The zero-order chi connectivity index (χ0) is 14.8. The van der Waals surface area contributed by atoms with Gasteiger partial charge in [0, 0.05) is 38.3 Å². The van der Waals surface area contributed by atoms with Crippen LogP contribution in [0.2, 0.25) is 0 Å². The smallest absolute Gasteiger partial charge is 0.303 e. The predicted molar refractivity (Wildman–Crippen MR) is 89.0 cm³/mol. The number of rotatable bonds is 5. The SMILES string of the molecule is O=C(O)CCc1cn(Cc2cc(Br)cs2)c2ccccc12. The van der Waals surface area contributed by atoms with Gasteiger partial charge >= 0.3 is 5.97 Å². The Bertz CT molecular complexity index is 791. The minimum absolute atomic E-state index is 0.165. The number of carboxylic acids is 1. The molecule has 0 unspecified atom stereocenters. The van der Waals surface area contributed by atoms with Crippen molar-refractivity contribution >= 4 is 44.1 Å². The third kappa shape index (κ3) is 3.19. The first-order chi connectivity index (χ1) is 10.1. The second-order valence-corrected chi connectivity index (χ2v) is 6.84. The van der Waals surface area contributed by atoms with Crippen molar-refractivity contribution in [3.05, 3.63) is 56.8 Å². The van der Waals surface area contributed by atoms with E-state index in [4.69, 9.17) is 5.11 Å². The molecule has 0 spiro atoms. The van der Waals surface area contributed by atoms with Gasteiger partial charge in [0.1, 0.15) is 0 Å². The monoisotopic (exact) mass is 363 g/mol. The number of carboxylic acid groups (broad SMARTS) is 1. The lowest BCUT2D eigenvalue weighted by Gasteiger charge is -2.02. The highest BCUT2D eigenvalue weighted by Crippen LogP contribution is 2.26. The van der Waals surface area contributed by atoms with Crippen molar-refractivity contribution in [3.63, 3.8) is 0 Å². The topological polar surface area (TPSA) is 42.2 Å². The first kappa shape index (κ1) is 14.4. The molecule has 5 heteroatoms. The number of benzene rings is 1. The molecule has 0 aliphatic heterocycles. The second kappa shape index (κ2) is 6.03. The van der Waals surface area contributed by atoms with Gasteiger partial charge in [0.15, 0.2) is 0 Å². The average molecular weight is 364 g/mol. The van der Waals surface area contributed by atoms with E-state index in [1.165, 1.54) is 4.88 Å². The van der Waals surface area contributed by atoms with Crippen LogP contribution in [0.4, 0.5) is 0 Å². The molecule has 0 radical (unpaired) electrons. The van der Waals surface area contributed by atoms with Gasteiger partial charge in [-0.05, 0) is 40.0 Å². The van der Waals surface area contributed by atoms with Gasteiger partial charge in [-0.2, -0.15) is 0 Å². The summed E-state index contributed by atoms with van der Waals surface area (Å²) in [6.45, 7) is 0.809. The molecule has 1 aromatic carbocycles. The Hall–Kier alpha value is -1.59. The van der Waals surface area contributed by atoms with Crippen LogP contribution in [-0.4, -0.2) is 15.6 Å². The van der Waals surface area contributed by atoms with Crippen LogP contribution in [-0.2, 0) is 17.8 Å². The van der Waals surface area contributed by atoms with E-state index in [1.807, 2.05) is 12.1 Å². The van der Waals surface area contributed by atoms with Crippen molar-refractivity contribution in [2.75, 3.05) is 0 Å². The zero-order valence-electron chi connectivity index (χ0n) is 11.3. The summed E-state index contributed by atoms with van der Waals surface area (Å²) in [5, 5.41) is 12.1. The Labute approximate surface area is 135 Å². The lowest BCUT2D eigenvalue weighted by Crippen LogP contribution is -1.97. The van der Waals surface area contributed by atoms with Crippen LogP contribution in [0.15, 0.2) is 46.4 Å². The summed E-state index contributed by atoms with van der Waals surface area (Å²) < 4.78 is 3.30. The van der Waals surface area contributed by atoms with E-state index in [2.05, 4.69) is 50.3 Å². The lowest BCUT2D eigenvalue weighted by atomic mass is 10.1. The highest BCUT2D eigenvalue weighted by molar-refractivity contribution is 9.10. The van der Waals surface area contributed by atoms with Gasteiger partial charge in [-0.1, -0.05) is 18.2 Å². The van der Waals surface area contributed by atoms with Crippen molar-refractivity contribution < 1.29 is 9.90 Å². The van der Waals surface area contributed by atoms with Crippen molar-refractivity contribution in [2.24, 2.45) is 0 Å². The van der Waals surface area contributed by atoms with E-state index in [0.29, 0.717) is 6.42 Å². The maximum Gasteiger partial charge on any atom is 0.303 e. The molecule has 21 heavy (non-hydrogen) atoms.